The van der Waals surface area contributed by atoms with Crippen molar-refractivity contribution in [1.82, 2.24) is 4.90 Å². The number of fused-ring (bicyclic) bond motifs is 5. The van der Waals surface area contributed by atoms with E-state index in [0.717, 1.165) is 16.0 Å². The van der Waals surface area contributed by atoms with Gasteiger partial charge in [-0.2, -0.15) is 0 Å². The first-order valence-corrected chi connectivity index (χ1v) is 11.3. The Morgan fingerprint density at radius 3 is 2.39 bits per heavy atom. The van der Waals surface area contributed by atoms with Gasteiger partial charge >= 0.3 is 0 Å². The number of rotatable bonds is 4. The Hall–Kier alpha value is -4.66. The van der Waals surface area contributed by atoms with Crippen molar-refractivity contribution in [2.24, 2.45) is 11.8 Å². The predicted octanol–water partition coefficient (Wildman–Crippen LogP) is 4.13. The van der Waals surface area contributed by atoms with E-state index in [4.69, 9.17) is 0 Å². The van der Waals surface area contributed by atoms with E-state index in [2.05, 4.69) is 0 Å². The first kappa shape index (κ1) is 21.8. The van der Waals surface area contributed by atoms with E-state index < -0.39 is 52.3 Å². The lowest BCUT2D eigenvalue weighted by atomic mass is 9.83. The average Bonchev–Trinajstić information content (AvgIpc) is 3.37. The van der Waals surface area contributed by atoms with Crippen LogP contribution in [0, 0.1) is 27.8 Å². The molecule has 3 aliphatic rings. The summed E-state index contributed by atoms with van der Waals surface area (Å²) in [4.78, 5) is 54.8. The highest BCUT2D eigenvalue weighted by molar-refractivity contribution is 6.24. The highest BCUT2D eigenvalue weighted by atomic mass is 19.1. The van der Waals surface area contributed by atoms with E-state index in [1.165, 1.54) is 48.5 Å². The number of imide groups is 1. The summed E-state index contributed by atoms with van der Waals surface area (Å²) < 4.78 is 13.5. The summed E-state index contributed by atoms with van der Waals surface area (Å²) in [6, 6.07) is 16.2. The van der Waals surface area contributed by atoms with Crippen molar-refractivity contribution in [3.8, 4) is 0 Å². The van der Waals surface area contributed by atoms with Gasteiger partial charge in [0, 0.05) is 23.9 Å². The number of benzene rings is 3. The van der Waals surface area contributed by atoms with Crippen LogP contribution in [0.15, 0.2) is 79.0 Å². The predicted molar refractivity (Wildman–Crippen MR) is 127 cm³/mol. The summed E-state index contributed by atoms with van der Waals surface area (Å²) in [5.74, 6) is -3.89. The monoisotopic (exact) mass is 483 g/mol. The topological polar surface area (TPSA) is 101 Å². The maximum Gasteiger partial charge on any atom is 0.270 e. The number of nitrogens with zero attached hydrogens (tertiary/aromatic N) is 3. The van der Waals surface area contributed by atoms with Crippen LogP contribution in [0.1, 0.15) is 27.5 Å². The normalized spacial score (nSPS) is 23.9. The molecule has 8 nitrogen and oxygen atoms in total. The fraction of sp³-hybridized carbons (Fsp3) is 0.148. The van der Waals surface area contributed by atoms with Crippen molar-refractivity contribution in [1.29, 1.82) is 0 Å². The number of hydrogen-bond acceptors (Lipinski definition) is 6. The first-order valence-electron chi connectivity index (χ1n) is 11.3. The third-order valence-electron chi connectivity index (χ3n) is 7.16. The molecule has 3 aliphatic heterocycles. The van der Waals surface area contributed by atoms with Crippen LogP contribution in [-0.4, -0.2) is 33.5 Å². The number of carbonyl (C=O) groups is 3. The molecule has 0 spiro atoms. The van der Waals surface area contributed by atoms with Crippen LogP contribution >= 0.6 is 0 Å². The van der Waals surface area contributed by atoms with Gasteiger partial charge in [-0.1, -0.05) is 36.4 Å². The van der Waals surface area contributed by atoms with E-state index in [-0.39, 0.29) is 16.9 Å². The number of non-ortho nitro benzene ring substituents is 1. The Morgan fingerprint density at radius 1 is 0.917 bits per heavy atom. The Bertz CT molecular complexity index is 1480. The van der Waals surface area contributed by atoms with Crippen molar-refractivity contribution in [3.63, 3.8) is 0 Å². The fourth-order valence-electron chi connectivity index (χ4n) is 5.65. The zero-order valence-electron chi connectivity index (χ0n) is 18.7. The minimum Gasteiger partial charge on any atom is -0.358 e. The van der Waals surface area contributed by atoms with Crippen LogP contribution in [0.3, 0.4) is 0 Å². The van der Waals surface area contributed by atoms with Crippen molar-refractivity contribution in [3.05, 3.63) is 112 Å². The van der Waals surface area contributed by atoms with Crippen LogP contribution < -0.4 is 4.90 Å². The fourth-order valence-corrected chi connectivity index (χ4v) is 5.65. The Kier molecular flexibility index (Phi) is 4.82. The highest BCUT2D eigenvalue weighted by Gasteiger charge is 2.64. The van der Waals surface area contributed by atoms with Crippen LogP contribution in [0.4, 0.5) is 15.8 Å². The van der Waals surface area contributed by atoms with Gasteiger partial charge in [0.25, 0.3) is 5.69 Å². The van der Waals surface area contributed by atoms with Crippen LogP contribution in [0.5, 0.6) is 0 Å². The van der Waals surface area contributed by atoms with Crippen molar-refractivity contribution in [2.45, 2.75) is 12.1 Å². The van der Waals surface area contributed by atoms with Crippen molar-refractivity contribution < 1.29 is 23.7 Å². The summed E-state index contributed by atoms with van der Waals surface area (Å²) >= 11 is 0. The average molecular weight is 483 g/mol. The van der Waals surface area contributed by atoms with Gasteiger partial charge in [-0.3, -0.25) is 24.5 Å². The summed E-state index contributed by atoms with van der Waals surface area (Å²) in [5, 5.41) is 11.3. The maximum atomic E-state index is 13.8. The van der Waals surface area contributed by atoms with Gasteiger partial charge < -0.3 is 4.90 Å². The molecule has 178 valence electrons. The molecule has 36 heavy (non-hydrogen) atoms. The van der Waals surface area contributed by atoms with E-state index >= 15 is 0 Å². The number of halogens is 1. The van der Waals surface area contributed by atoms with Gasteiger partial charge in [0.2, 0.25) is 11.8 Å². The Morgan fingerprint density at radius 2 is 1.64 bits per heavy atom. The maximum absolute atomic E-state index is 13.8. The zero-order chi connectivity index (χ0) is 25.1. The number of anilines is 1. The molecule has 3 aromatic carbocycles. The summed E-state index contributed by atoms with van der Waals surface area (Å²) in [7, 11) is 0. The van der Waals surface area contributed by atoms with Crippen molar-refractivity contribution >= 4 is 35.0 Å². The second kappa shape index (κ2) is 7.94. The van der Waals surface area contributed by atoms with Crippen LogP contribution in [0.25, 0.3) is 6.08 Å². The van der Waals surface area contributed by atoms with Crippen LogP contribution in [0.2, 0.25) is 0 Å². The summed E-state index contributed by atoms with van der Waals surface area (Å²) in [6.45, 7) is 0. The Labute approximate surface area is 204 Å². The van der Waals surface area contributed by atoms with E-state index in [0.29, 0.717) is 0 Å². The van der Waals surface area contributed by atoms with E-state index in [1.807, 2.05) is 30.3 Å². The lowest BCUT2D eigenvalue weighted by Gasteiger charge is -2.35. The third-order valence-corrected chi connectivity index (χ3v) is 7.16. The smallest absolute Gasteiger partial charge is 0.270 e. The minimum atomic E-state index is -1.05. The molecule has 0 aliphatic carbocycles. The molecular formula is C27H18FN3O5. The van der Waals surface area contributed by atoms with Gasteiger partial charge in [-0.25, -0.2) is 9.29 Å². The molecule has 0 unspecified atom stereocenters. The molecule has 0 N–H and O–H groups in total. The molecule has 4 atom stereocenters. The quantitative estimate of drug-likeness (QED) is 0.239. The largest absolute Gasteiger partial charge is 0.358 e. The molecule has 2 fully saturated rings. The lowest BCUT2D eigenvalue weighted by Crippen LogP contribution is -2.44. The molecule has 2 saturated heterocycles. The molecule has 0 bridgehead atoms. The highest BCUT2D eigenvalue weighted by Crippen LogP contribution is 2.53. The first-order chi connectivity index (χ1) is 17.4. The van der Waals surface area contributed by atoms with Gasteiger partial charge in [0.1, 0.15) is 11.9 Å². The summed E-state index contributed by atoms with van der Waals surface area (Å²) in [6.07, 6.45) is 3.54. The number of nitro benzene ring substituents is 1. The molecule has 2 amide bonds. The van der Waals surface area contributed by atoms with Gasteiger partial charge in [-0.05, 0) is 41.5 Å². The second-order valence-corrected chi connectivity index (χ2v) is 8.99. The molecule has 0 aromatic heterocycles. The molecule has 6 rings (SSSR count). The molecule has 3 heterocycles. The number of Topliss-reactive ketones (excluding diaryl/α,β-unsaturated/α-hetero) is 1. The SMILES string of the molecule is O=C(c1cccc([N+](=O)[O-])c1)[C@@H]1[C@@H]2C(=O)N(c3ccc(F)cc3)C(=O)[C@@H]2[C@H]2c3ccccc3C=CN12. The second-order valence-electron chi connectivity index (χ2n) is 8.99. The third kappa shape index (κ3) is 3.09. The molecule has 0 saturated carbocycles. The van der Waals surface area contributed by atoms with Gasteiger partial charge in [0.05, 0.1) is 28.5 Å². The van der Waals surface area contributed by atoms with E-state index in [9.17, 15) is 28.9 Å². The minimum absolute atomic E-state index is 0.0846. The molecular weight excluding hydrogens is 465 g/mol. The summed E-state index contributed by atoms with van der Waals surface area (Å²) in [5.41, 5.74) is 1.76. The number of carbonyl (C=O) groups excluding carboxylic acids is 3. The number of nitro groups is 1. The van der Waals surface area contributed by atoms with Gasteiger partial charge in [0.15, 0.2) is 5.78 Å². The number of amides is 2. The number of ketones is 1. The lowest BCUT2D eigenvalue weighted by molar-refractivity contribution is -0.384. The molecule has 3 aromatic rings. The van der Waals surface area contributed by atoms with Gasteiger partial charge in [-0.15, -0.1) is 0 Å². The number of hydrogen-bond donors (Lipinski definition) is 0. The van der Waals surface area contributed by atoms with Crippen molar-refractivity contribution in [2.75, 3.05) is 4.90 Å². The molecule has 0 radical (unpaired) electrons. The van der Waals surface area contributed by atoms with E-state index in [1.54, 1.807) is 11.1 Å². The Balaban J connectivity index is 1.49. The molecule has 9 heteroatoms. The van der Waals surface area contributed by atoms with Crippen LogP contribution in [-0.2, 0) is 9.59 Å². The zero-order valence-corrected chi connectivity index (χ0v) is 18.7. The standard InChI is InChI=1S/C27H18FN3O5/c28-17-8-10-18(11-9-17)30-26(33)21-22(27(30)34)24(25(32)16-5-3-6-19(14-16)31(35)36)29-13-12-15-4-1-2-7-20(15)23(21)29/h1-14,21-24H/t21-,22+,23+,24-/m0/s1.